The van der Waals surface area contributed by atoms with Crippen molar-refractivity contribution in [2.75, 3.05) is 13.1 Å². The van der Waals surface area contributed by atoms with Gasteiger partial charge in [-0.3, -0.25) is 4.79 Å². The molecule has 3 atom stereocenters. The van der Waals surface area contributed by atoms with Gasteiger partial charge in [-0.15, -0.1) is 0 Å². The summed E-state index contributed by atoms with van der Waals surface area (Å²) >= 11 is 0. The second-order valence-electron chi connectivity index (χ2n) is 5.49. The van der Waals surface area contributed by atoms with Crippen molar-refractivity contribution < 1.29 is 14.7 Å². The van der Waals surface area contributed by atoms with Crippen molar-refractivity contribution in [3.8, 4) is 0 Å². The van der Waals surface area contributed by atoms with Crippen LogP contribution in [0.4, 0.5) is 4.79 Å². The van der Waals surface area contributed by atoms with Gasteiger partial charge in [0.1, 0.15) is 0 Å². The minimum Gasteiger partial charge on any atom is -0.465 e. The van der Waals surface area contributed by atoms with Gasteiger partial charge >= 0.3 is 6.09 Å². The third kappa shape index (κ3) is 2.05. The number of hydrogen-bond acceptors (Lipinski definition) is 3. The Morgan fingerprint density at radius 2 is 1.67 bits per heavy atom. The summed E-state index contributed by atoms with van der Waals surface area (Å²) in [5, 5.41) is 9.08. The molecule has 3 unspecified atom stereocenters. The van der Waals surface area contributed by atoms with Crippen molar-refractivity contribution in [1.82, 2.24) is 9.80 Å². The number of carboxylic acid groups (broad SMARTS) is 1. The summed E-state index contributed by atoms with van der Waals surface area (Å²) in [4.78, 5) is 26.5. The lowest BCUT2D eigenvalue weighted by Gasteiger charge is -2.28. The number of likely N-dealkylation sites (tertiary alicyclic amines) is 2. The van der Waals surface area contributed by atoms with Crippen LogP contribution in [-0.2, 0) is 4.79 Å². The molecule has 3 N–H and O–H groups in total. The maximum absolute atomic E-state index is 12.2. The number of carbonyl (C=O) groups is 2. The van der Waals surface area contributed by atoms with Crippen molar-refractivity contribution in [1.29, 1.82) is 0 Å². The first-order valence-electron chi connectivity index (χ1n) is 6.49. The van der Waals surface area contributed by atoms with E-state index in [0.717, 1.165) is 12.8 Å². The highest BCUT2D eigenvalue weighted by Gasteiger charge is 2.47. The number of rotatable bonds is 2. The van der Waals surface area contributed by atoms with Crippen LogP contribution >= 0.6 is 0 Å². The fourth-order valence-electron chi connectivity index (χ4n) is 2.97. The van der Waals surface area contributed by atoms with Crippen LogP contribution in [0.1, 0.15) is 26.7 Å². The largest absolute Gasteiger partial charge is 0.465 e. The molecule has 18 heavy (non-hydrogen) atoms. The van der Waals surface area contributed by atoms with Crippen LogP contribution < -0.4 is 5.73 Å². The highest BCUT2D eigenvalue weighted by atomic mass is 16.4. The van der Waals surface area contributed by atoms with Crippen molar-refractivity contribution in [3.63, 3.8) is 0 Å². The van der Waals surface area contributed by atoms with Gasteiger partial charge in [0, 0.05) is 13.1 Å². The van der Waals surface area contributed by atoms with Gasteiger partial charge in [-0.2, -0.15) is 0 Å². The Hall–Kier alpha value is -1.30. The number of fused-ring (bicyclic) bond motifs is 1. The Labute approximate surface area is 107 Å². The Balaban J connectivity index is 2.06. The van der Waals surface area contributed by atoms with Gasteiger partial charge in [-0.25, -0.2) is 4.79 Å². The van der Waals surface area contributed by atoms with Crippen molar-refractivity contribution >= 4 is 12.0 Å². The second kappa shape index (κ2) is 4.76. The van der Waals surface area contributed by atoms with Crippen LogP contribution in [0.3, 0.4) is 0 Å². The average molecular weight is 255 g/mol. The van der Waals surface area contributed by atoms with E-state index >= 15 is 0 Å². The Bertz CT molecular complexity index is 358. The zero-order valence-corrected chi connectivity index (χ0v) is 10.9. The van der Waals surface area contributed by atoms with Crippen LogP contribution in [-0.4, -0.2) is 58.1 Å². The third-order valence-corrected chi connectivity index (χ3v) is 4.11. The molecule has 0 aliphatic carbocycles. The van der Waals surface area contributed by atoms with Crippen molar-refractivity contribution in [2.24, 2.45) is 11.7 Å². The first-order chi connectivity index (χ1) is 8.43. The van der Waals surface area contributed by atoms with Crippen LogP contribution in [0.2, 0.25) is 0 Å². The molecule has 0 aromatic rings. The molecule has 6 heteroatoms. The van der Waals surface area contributed by atoms with Gasteiger partial charge in [0.15, 0.2) is 0 Å². The summed E-state index contributed by atoms with van der Waals surface area (Å²) in [6.45, 7) is 4.99. The maximum Gasteiger partial charge on any atom is 0.407 e. The van der Waals surface area contributed by atoms with E-state index in [1.165, 1.54) is 4.90 Å². The zero-order valence-electron chi connectivity index (χ0n) is 10.9. The SMILES string of the molecule is CC(C)C(N)C(=O)N1CCC2C1CCN2C(=O)O. The maximum atomic E-state index is 12.2. The zero-order chi connectivity index (χ0) is 13.4. The van der Waals surface area contributed by atoms with E-state index in [4.69, 9.17) is 10.8 Å². The molecular weight excluding hydrogens is 234 g/mol. The van der Waals surface area contributed by atoms with E-state index in [1.807, 2.05) is 13.8 Å². The molecule has 0 radical (unpaired) electrons. The summed E-state index contributed by atoms with van der Waals surface area (Å²) in [5.41, 5.74) is 5.90. The third-order valence-electron chi connectivity index (χ3n) is 4.11. The van der Waals surface area contributed by atoms with E-state index < -0.39 is 12.1 Å². The van der Waals surface area contributed by atoms with Gasteiger partial charge in [-0.1, -0.05) is 13.8 Å². The quantitative estimate of drug-likeness (QED) is 0.744. The Morgan fingerprint density at radius 3 is 2.17 bits per heavy atom. The standard InChI is InChI=1S/C12H21N3O3/c1-7(2)10(13)11(16)14-5-3-9-8(14)4-6-15(9)12(17)18/h7-10H,3-6,13H2,1-2H3,(H,17,18). The van der Waals surface area contributed by atoms with Gasteiger partial charge in [0.2, 0.25) is 5.91 Å². The van der Waals surface area contributed by atoms with Gasteiger partial charge in [0.25, 0.3) is 0 Å². The topological polar surface area (TPSA) is 86.9 Å². The molecule has 0 spiro atoms. The van der Waals surface area contributed by atoms with E-state index in [2.05, 4.69) is 0 Å². The lowest BCUT2D eigenvalue weighted by atomic mass is 10.0. The van der Waals surface area contributed by atoms with Crippen LogP contribution in [0, 0.1) is 5.92 Å². The molecule has 6 nitrogen and oxygen atoms in total. The molecule has 2 aliphatic rings. The number of hydrogen-bond donors (Lipinski definition) is 2. The number of amides is 2. The lowest BCUT2D eigenvalue weighted by Crippen LogP contribution is -2.49. The molecule has 2 amide bonds. The summed E-state index contributed by atoms with van der Waals surface area (Å²) < 4.78 is 0. The molecular formula is C12H21N3O3. The smallest absolute Gasteiger partial charge is 0.407 e. The van der Waals surface area contributed by atoms with E-state index in [1.54, 1.807) is 4.90 Å². The number of nitrogens with two attached hydrogens (primary N) is 1. The molecule has 0 bridgehead atoms. The van der Waals surface area contributed by atoms with Crippen molar-refractivity contribution in [2.45, 2.75) is 44.8 Å². The average Bonchev–Trinajstić information content (AvgIpc) is 2.86. The molecule has 0 aromatic heterocycles. The fourth-order valence-corrected chi connectivity index (χ4v) is 2.97. The molecule has 0 aromatic carbocycles. The highest BCUT2D eigenvalue weighted by molar-refractivity contribution is 5.83. The first kappa shape index (κ1) is 13.1. The molecule has 2 rings (SSSR count). The predicted molar refractivity (Wildman–Crippen MR) is 66.1 cm³/mol. The molecule has 2 fully saturated rings. The second-order valence-corrected chi connectivity index (χ2v) is 5.49. The molecule has 102 valence electrons. The lowest BCUT2D eigenvalue weighted by molar-refractivity contribution is -0.134. The molecule has 2 heterocycles. The molecule has 0 saturated carbocycles. The van der Waals surface area contributed by atoms with Crippen molar-refractivity contribution in [3.05, 3.63) is 0 Å². The number of nitrogens with zero attached hydrogens (tertiary/aromatic N) is 2. The Kier molecular flexibility index (Phi) is 3.47. The molecule has 2 aliphatic heterocycles. The van der Waals surface area contributed by atoms with Gasteiger partial charge < -0.3 is 20.6 Å². The highest BCUT2D eigenvalue weighted by Crippen LogP contribution is 2.32. The van der Waals surface area contributed by atoms with E-state index in [0.29, 0.717) is 13.1 Å². The summed E-state index contributed by atoms with van der Waals surface area (Å²) in [6.07, 6.45) is 0.575. The monoisotopic (exact) mass is 255 g/mol. The minimum atomic E-state index is -0.884. The normalized spacial score (nSPS) is 28.7. The van der Waals surface area contributed by atoms with Crippen LogP contribution in [0.5, 0.6) is 0 Å². The minimum absolute atomic E-state index is 0.0263. The van der Waals surface area contributed by atoms with Crippen LogP contribution in [0.15, 0.2) is 0 Å². The predicted octanol–water partition coefficient (Wildman–Crippen LogP) is 0.323. The molecule has 2 saturated heterocycles. The van der Waals surface area contributed by atoms with E-state index in [9.17, 15) is 9.59 Å². The van der Waals surface area contributed by atoms with E-state index in [-0.39, 0.29) is 23.9 Å². The van der Waals surface area contributed by atoms with Crippen LogP contribution in [0.25, 0.3) is 0 Å². The van der Waals surface area contributed by atoms with Gasteiger partial charge in [-0.05, 0) is 18.8 Å². The number of carbonyl (C=O) groups excluding carboxylic acids is 1. The Morgan fingerprint density at radius 1 is 1.17 bits per heavy atom. The summed E-state index contributed by atoms with van der Waals surface area (Å²) in [6, 6.07) is -0.494. The summed E-state index contributed by atoms with van der Waals surface area (Å²) in [5.74, 6) is 0.0678. The summed E-state index contributed by atoms with van der Waals surface area (Å²) in [7, 11) is 0. The first-order valence-corrected chi connectivity index (χ1v) is 6.49. The van der Waals surface area contributed by atoms with Gasteiger partial charge in [0.05, 0.1) is 18.1 Å². The fraction of sp³-hybridized carbons (Fsp3) is 0.833.